The first kappa shape index (κ1) is 22.0. The van der Waals surface area contributed by atoms with Gasteiger partial charge in [0.2, 0.25) is 11.8 Å². The predicted molar refractivity (Wildman–Crippen MR) is 122 cm³/mol. The molecule has 2 aromatic rings. The summed E-state index contributed by atoms with van der Waals surface area (Å²) >= 11 is 0. The number of amides is 2. The summed E-state index contributed by atoms with van der Waals surface area (Å²) in [5, 5.41) is 9.96. The molecule has 32 heavy (non-hydrogen) atoms. The number of carbonyl (C=O) groups excluding carboxylic acids is 2. The van der Waals surface area contributed by atoms with Crippen molar-refractivity contribution in [2.24, 2.45) is 5.92 Å². The third-order valence-electron chi connectivity index (χ3n) is 6.22. The van der Waals surface area contributed by atoms with Gasteiger partial charge < -0.3 is 14.9 Å². The van der Waals surface area contributed by atoms with Gasteiger partial charge in [0.1, 0.15) is 0 Å². The number of aromatic nitrogens is 1. The van der Waals surface area contributed by atoms with E-state index >= 15 is 0 Å². The number of benzene rings is 1. The molecule has 0 radical (unpaired) electrons. The topological polar surface area (TPSA) is 73.7 Å². The Morgan fingerprint density at radius 3 is 2.69 bits per heavy atom. The van der Waals surface area contributed by atoms with E-state index in [2.05, 4.69) is 30.7 Å². The smallest absolute Gasteiger partial charge is 0.242 e. The quantitative estimate of drug-likeness (QED) is 0.737. The number of fused-ring (bicyclic) bond motifs is 1. The van der Waals surface area contributed by atoms with Crippen LogP contribution < -0.4 is 0 Å². The fourth-order valence-electron chi connectivity index (χ4n) is 4.62. The molecule has 3 atom stereocenters. The Morgan fingerprint density at radius 1 is 1.25 bits per heavy atom. The lowest BCUT2D eigenvalue weighted by Crippen LogP contribution is -2.73. The maximum Gasteiger partial charge on any atom is 0.242 e. The SMILES string of the molecule is CC(C)CC#Cc1ccc([C@@H]2[C@@H](CO)N3C(=O)CN(C(=O)Cc4cccnc4)C[C@@H]23)cc1. The van der Waals surface area contributed by atoms with Crippen LogP contribution in [0.2, 0.25) is 0 Å². The number of nitrogens with zero attached hydrogens (tertiary/aromatic N) is 3. The van der Waals surface area contributed by atoms with E-state index in [9.17, 15) is 14.7 Å². The molecular weight excluding hydrogens is 402 g/mol. The third kappa shape index (κ3) is 4.53. The second-order valence-corrected chi connectivity index (χ2v) is 8.98. The summed E-state index contributed by atoms with van der Waals surface area (Å²) in [6.45, 7) is 4.73. The fraction of sp³-hybridized carbons (Fsp3) is 0.423. The van der Waals surface area contributed by atoms with Crippen molar-refractivity contribution in [3.63, 3.8) is 0 Å². The number of aliphatic hydroxyl groups is 1. The van der Waals surface area contributed by atoms with Gasteiger partial charge in [-0.15, -0.1) is 0 Å². The number of hydrogen-bond acceptors (Lipinski definition) is 4. The van der Waals surface area contributed by atoms with Crippen LogP contribution in [0.5, 0.6) is 0 Å². The first-order valence-electron chi connectivity index (χ1n) is 11.2. The molecule has 3 heterocycles. The normalized spacial score (nSPS) is 22.1. The van der Waals surface area contributed by atoms with Crippen molar-refractivity contribution in [2.75, 3.05) is 19.7 Å². The fourth-order valence-corrected chi connectivity index (χ4v) is 4.62. The van der Waals surface area contributed by atoms with Gasteiger partial charge in [-0.1, -0.05) is 43.9 Å². The zero-order valence-corrected chi connectivity index (χ0v) is 18.6. The minimum absolute atomic E-state index is 0.00406. The number of aliphatic hydroxyl groups excluding tert-OH is 1. The second kappa shape index (κ2) is 9.54. The summed E-state index contributed by atoms with van der Waals surface area (Å²) in [6, 6.07) is 11.4. The lowest BCUT2D eigenvalue weighted by molar-refractivity contribution is -0.166. The molecule has 1 aromatic carbocycles. The molecule has 2 aliphatic rings. The molecule has 2 saturated heterocycles. The van der Waals surface area contributed by atoms with Gasteiger partial charge in [-0.25, -0.2) is 0 Å². The van der Waals surface area contributed by atoms with E-state index in [0.29, 0.717) is 12.5 Å². The summed E-state index contributed by atoms with van der Waals surface area (Å²) in [5.41, 5.74) is 2.85. The van der Waals surface area contributed by atoms with E-state index in [1.165, 1.54) is 0 Å². The number of pyridine rings is 1. The van der Waals surface area contributed by atoms with Crippen molar-refractivity contribution >= 4 is 11.8 Å². The molecule has 1 aromatic heterocycles. The van der Waals surface area contributed by atoms with Crippen LogP contribution in [0.15, 0.2) is 48.8 Å². The average molecular weight is 432 g/mol. The number of carbonyl (C=O) groups is 2. The molecule has 6 nitrogen and oxygen atoms in total. The molecule has 0 aliphatic carbocycles. The average Bonchev–Trinajstić information content (AvgIpc) is 2.76. The molecule has 0 spiro atoms. The molecule has 2 aliphatic heterocycles. The molecule has 2 fully saturated rings. The Hall–Kier alpha value is -3.17. The van der Waals surface area contributed by atoms with E-state index < -0.39 is 0 Å². The number of piperazine rings is 1. The van der Waals surface area contributed by atoms with E-state index in [0.717, 1.165) is 23.1 Å². The van der Waals surface area contributed by atoms with Gasteiger partial charge in [0.15, 0.2) is 0 Å². The van der Waals surface area contributed by atoms with Crippen molar-refractivity contribution in [3.05, 3.63) is 65.5 Å². The maximum atomic E-state index is 12.8. The summed E-state index contributed by atoms with van der Waals surface area (Å²) < 4.78 is 0. The summed E-state index contributed by atoms with van der Waals surface area (Å²) in [4.78, 5) is 33.1. The Labute approximate surface area is 189 Å². The van der Waals surface area contributed by atoms with Gasteiger partial charge in [0.25, 0.3) is 0 Å². The van der Waals surface area contributed by atoms with Crippen LogP contribution in [0.25, 0.3) is 0 Å². The van der Waals surface area contributed by atoms with Gasteiger partial charge in [0, 0.05) is 36.8 Å². The number of hydrogen-bond donors (Lipinski definition) is 1. The van der Waals surface area contributed by atoms with Crippen molar-refractivity contribution < 1.29 is 14.7 Å². The maximum absolute atomic E-state index is 12.8. The van der Waals surface area contributed by atoms with Gasteiger partial charge in [-0.05, 0) is 35.2 Å². The first-order valence-corrected chi connectivity index (χ1v) is 11.2. The molecule has 6 heteroatoms. The minimum atomic E-state index is -0.249. The Kier molecular flexibility index (Phi) is 6.57. The van der Waals surface area contributed by atoms with Crippen LogP contribution in [-0.4, -0.2) is 63.5 Å². The molecule has 2 amide bonds. The van der Waals surface area contributed by atoms with Crippen LogP contribution in [-0.2, 0) is 16.0 Å². The van der Waals surface area contributed by atoms with Gasteiger partial charge in [-0.3, -0.25) is 14.6 Å². The Balaban J connectivity index is 1.48. The summed E-state index contributed by atoms with van der Waals surface area (Å²) in [6.07, 6.45) is 4.44. The van der Waals surface area contributed by atoms with Crippen LogP contribution >= 0.6 is 0 Å². The molecular formula is C26H29N3O3. The van der Waals surface area contributed by atoms with E-state index in [1.807, 2.05) is 30.3 Å². The lowest BCUT2D eigenvalue weighted by atomic mass is 9.73. The molecule has 0 bridgehead atoms. The first-order chi connectivity index (χ1) is 15.5. The van der Waals surface area contributed by atoms with E-state index in [4.69, 9.17) is 0 Å². The zero-order valence-electron chi connectivity index (χ0n) is 18.6. The Bertz CT molecular complexity index is 1020. The Morgan fingerprint density at radius 2 is 2.03 bits per heavy atom. The standard InChI is InChI=1S/C26H29N3O3/c1-18(2)5-3-6-19-8-10-21(11-9-19)26-22-15-28(16-25(32)29(22)23(26)17-30)24(31)13-20-7-4-12-27-14-20/h4,7-12,14,18,22-23,26,30H,5,13,15-17H2,1-2H3/t22-,23+,26-/m0/s1. The third-order valence-corrected chi connectivity index (χ3v) is 6.22. The largest absolute Gasteiger partial charge is 0.394 e. The highest BCUT2D eigenvalue weighted by Crippen LogP contribution is 2.42. The zero-order chi connectivity index (χ0) is 22.7. The second-order valence-electron chi connectivity index (χ2n) is 8.98. The van der Waals surface area contributed by atoms with Gasteiger partial charge in [0.05, 0.1) is 31.7 Å². The van der Waals surface area contributed by atoms with E-state index in [1.54, 1.807) is 28.3 Å². The predicted octanol–water partition coefficient (Wildman–Crippen LogP) is 2.22. The molecule has 1 N–H and O–H groups in total. The van der Waals surface area contributed by atoms with Crippen molar-refractivity contribution in [1.82, 2.24) is 14.8 Å². The highest BCUT2D eigenvalue weighted by molar-refractivity contribution is 5.88. The molecule has 0 unspecified atom stereocenters. The minimum Gasteiger partial charge on any atom is -0.394 e. The monoisotopic (exact) mass is 431 g/mol. The molecule has 4 rings (SSSR count). The van der Waals surface area contributed by atoms with Gasteiger partial charge >= 0.3 is 0 Å². The van der Waals surface area contributed by atoms with Crippen molar-refractivity contribution in [1.29, 1.82) is 0 Å². The van der Waals surface area contributed by atoms with Crippen LogP contribution in [0.1, 0.15) is 42.9 Å². The van der Waals surface area contributed by atoms with Crippen LogP contribution in [0.3, 0.4) is 0 Å². The van der Waals surface area contributed by atoms with Crippen LogP contribution in [0, 0.1) is 17.8 Å². The summed E-state index contributed by atoms with van der Waals surface area (Å²) in [5.74, 6) is 6.74. The lowest BCUT2D eigenvalue weighted by Gasteiger charge is -2.58. The van der Waals surface area contributed by atoms with Crippen LogP contribution in [0.4, 0.5) is 0 Å². The van der Waals surface area contributed by atoms with Crippen molar-refractivity contribution in [2.45, 2.75) is 44.7 Å². The van der Waals surface area contributed by atoms with E-state index in [-0.39, 0.29) is 49.4 Å². The molecule has 0 saturated carbocycles. The number of rotatable bonds is 5. The molecule has 166 valence electrons. The highest BCUT2D eigenvalue weighted by Gasteiger charge is 2.54. The highest BCUT2D eigenvalue weighted by atomic mass is 16.3. The van der Waals surface area contributed by atoms with Gasteiger partial charge in [-0.2, -0.15) is 0 Å². The summed E-state index contributed by atoms with van der Waals surface area (Å²) in [7, 11) is 0. The van der Waals surface area contributed by atoms with Crippen molar-refractivity contribution in [3.8, 4) is 11.8 Å².